The Bertz CT molecular complexity index is 783. The maximum absolute atomic E-state index is 13.3. The molecule has 0 radical (unpaired) electrons. The molecule has 0 aliphatic carbocycles. The van der Waals surface area contributed by atoms with Crippen molar-refractivity contribution in [2.75, 3.05) is 50.8 Å². The number of fused-ring (bicyclic) bond motifs is 3. The lowest BCUT2D eigenvalue weighted by Gasteiger charge is -2.30. The Labute approximate surface area is 163 Å². The Kier molecular flexibility index (Phi) is 5.32. The molecule has 0 unspecified atom stereocenters. The summed E-state index contributed by atoms with van der Waals surface area (Å²) >= 11 is 0. The average Bonchev–Trinajstić information content (AvgIpc) is 2.88. The standard InChI is InChI=1S/C20H25N3O5/c24-18-5-2-6-22(18)16-4-1-3-15(7-16)20(27)23-9-14-8-21(11-19(25)26)10-17(23)13-28-12-14/h1,3-4,7,14,17H,2,5-6,8-13H2,(H,25,26)/t14-,17-/m0/s1. The summed E-state index contributed by atoms with van der Waals surface area (Å²) in [7, 11) is 0. The molecule has 150 valence electrons. The summed E-state index contributed by atoms with van der Waals surface area (Å²) in [5, 5.41) is 9.14. The number of hydrogen-bond donors (Lipinski definition) is 1. The summed E-state index contributed by atoms with van der Waals surface area (Å²) in [5.41, 5.74) is 1.31. The first-order chi connectivity index (χ1) is 13.5. The van der Waals surface area contributed by atoms with Gasteiger partial charge in [0.15, 0.2) is 0 Å². The van der Waals surface area contributed by atoms with Gasteiger partial charge in [-0.05, 0) is 24.6 Å². The minimum atomic E-state index is -0.859. The first-order valence-electron chi connectivity index (χ1n) is 9.74. The van der Waals surface area contributed by atoms with Crippen molar-refractivity contribution in [3.8, 4) is 0 Å². The maximum atomic E-state index is 13.3. The van der Waals surface area contributed by atoms with Gasteiger partial charge in [0.25, 0.3) is 5.91 Å². The normalized spacial score (nSPS) is 25.6. The minimum absolute atomic E-state index is 0.0262. The van der Waals surface area contributed by atoms with E-state index in [4.69, 9.17) is 9.84 Å². The van der Waals surface area contributed by atoms with E-state index in [1.807, 2.05) is 21.9 Å². The molecule has 3 aliphatic rings. The molecule has 2 atom stereocenters. The highest BCUT2D eigenvalue weighted by Crippen LogP contribution is 2.25. The van der Waals surface area contributed by atoms with E-state index in [-0.39, 0.29) is 30.3 Å². The molecule has 0 saturated carbocycles. The van der Waals surface area contributed by atoms with Gasteiger partial charge < -0.3 is 19.6 Å². The average molecular weight is 387 g/mol. The van der Waals surface area contributed by atoms with Crippen molar-refractivity contribution >= 4 is 23.5 Å². The number of benzene rings is 1. The lowest BCUT2D eigenvalue weighted by atomic mass is 10.1. The van der Waals surface area contributed by atoms with Crippen molar-refractivity contribution < 1.29 is 24.2 Å². The summed E-state index contributed by atoms with van der Waals surface area (Å²) in [6.07, 6.45) is 1.38. The monoisotopic (exact) mass is 387 g/mol. The van der Waals surface area contributed by atoms with Gasteiger partial charge in [-0.2, -0.15) is 0 Å². The second-order valence-corrected chi connectivity index (χ2v) is 7.80. The molecule has 3 saturated heterocycles. The van der Waals surface area contributed by atoms with Gasteiger partial charge in [-0.25, -0.2) is 0 Å². The maximum Gasteiger partial charge on any atom is 0.317 e. The zero-order valence-corrected chi connectivity index (χ0v) is 15.7. The highest BCUT2D eigenvalue weighted by molar-refractivity contribution is 5.99. The Balaban J connectivity index is 1.55. The molecule has 0 spiro atoms. The molecule has 1 aromatic carbocycles. The summed E-state index contributed by atoms with van der Waals surface area (Å²) in [4.78, 5) is 41.9. The number of carboxylic acids is 1. The van der Waals surface area contributed by atoms with E-state index < -0.39 is 5.97 Å². The number of carbonyl (C=O) groups excluding carboxylic acids is 2. The van der Waals surface area contributed by atoms with E-state index in [2.05, 4.69) is 0 Å². The fourth-order valence-electron chi connectivity index (χ4n) is 4.40. The molecule has 4 rings (SSSR count). The summed E-state index contributed by atoms with van der Waals surface area (Å²) in [5.74, 6) is -0.778. The van der Waals surface area contributed by atoms with Crippen LogP contribution in [0, 0.1) is 5.92 Å². The van der Waals surface area contributed by atoms with E-state index in [1.165, 1.54) is 0 Å². The minimum Gasteiger partial charge on any atom is -0.480 e. The molecule has 1 N–H and O–H groups in total. The summed E-state index contributed by atoms with van der Waals surface area (Å²) in [6, 6.07) is 7.05. The largest absolute Gasteiger partial charge is 0.480 e. The number of amides is 2. The van der Waals surface area contributed by atoms with Crippen LogP contribution in [0.25, 0.3) is 0 Å². The Hall–Kier alpha value is -2.45. The van der Waals surface area contributed by atoms with E-state index in [0.29, 0.717) is 51.4 Å². The fraction of sp³-hybridized carbons (Fsp3) is 0.550. The number of carboxylic acid groups (broad SMARTS) is 1. The number of aliphatic carboxylic acids is 1. The zero-order chi connectivity index (χ0) is 19.7. The smallest absolute Gasteiger partial charge is 0.317 e. The third kappa shape index (κ3) is 3.88. The molecule has 8 nitrogen and oxygen atoms in total. The van der Waals surface area contributed by atoms with Gasteiger partial charge in [0.05, 0.1) is 25.8 Å². The number of nitrogens with zero attached hydrogens (tertiary/aromatic N) is 3. The molecule has 28 heavy (non-hydrogen) atoms. The van der Waals surface area contributed by atoms with Crippen molar-refractivity contribution in [3.63, 3.8) is 0 Å². The summed E-state index contributed by atoms with van der Waals surface area (Å²) < 4.78 is 5.73. The van der Waals surface area contributed by atoms with Crippen LogP contribution in [0.15, 0.2) is 24.3 Å². The number of rotatable bonds is 4. The van der Waals surface area contributed by atoms with E-state index in [0.717, 1.165) is 12.1 Å². The topological polar surface area (TPSA) is 90.4 Å². The van der Waals surface area contributed by atoms with Crippen LogP contribution in [0.3, 0.4) is 0 Å². The molecule has 3 heterocycles. The third-order valence-electron chi connectivity index (χ3n) is 5.64. The Morgan fingerprint density at radius 2 is 2.04 bits per heavy atom. The Morgan fingerprint density at radius 1 is 1.18 bits per heavy atom. The van der Waals surface area contributed by atoms with Crippen molar-refractivity contribution in [3.05, 3.63) is 29.8 Å². The van der Waals surface area contributed by atoms with Gasteiger partial charge in [-0.15, -0.1) is 0 Å². The van der Waals surface area contributed by atoms with Gasteiger partial charge in [-0.1, -0.05) is 6.07 Å². The predicted molar refractivity (Wildman–Crippen MR) is 101 cm³/mol. The zero-order valence-electron chi connectivity index (χ0n) is 15.7. The number of ether oxygens (including phenoxy) is 1. The van der Waals surface area contributed by atoms with Crippen LogP contribution in [0.5, 0.6) is 0 Å². The van der Waals surface area contributed by atoms with E-state index in [9.17, 15) is 14.4 Å². The fourth-order valence-corrected chi connectivity index (χ4v) is 4.40. The van der Waals surface area contributed by atoms with Crippen molar-refractivity contribution in [1.82, 2.24) is 9.80 Å². The van der Waals surface area contributed by atoms with Gasteiger partial charge >= 0.3 is 5.97 Å². The van der Waals surface area contributed by atoms with Crippen molar-refractivity contribution in [2.45, 2.75) is 18.9 Å². The second kappa shape index (κ2) is 7.89. The molecular formula is C20H25N3O5. The van der Waals surface area contributed by atoms with Gasteiger partial charge in [-0.3, -0.25) is 19.3 Å². The Morgan fingerprint density at radius 3 is 2.79 bits per heavy atom. The van der Waals surface area contributed by atoms with Crippen LogP contribution in [0.4, 0.5) is 5.69 Å². The van der Waals surface area contributed by atoms with Crippen LogP contribution in [-0.2, 0) is 14.3 Å². The van der Waals surface area contributed by atoms with E-state index in [1.54, 1.807) is 17.0 Å². The van der Waals surface area contributed by atoms with Crippen molar-refractivity contribution in [1.29, 1.82) is 0 Å². The third-order valence-corrected chi connectivity index (χ3v) is 5.64. The molecule has 2 bridgehead atoms. The van der Waals surface area contributed by atoms with Gasteiger partial charge in [0, 0.05) is 49.8 Å². The first-order valence-corrected chi connectivity index (χ1v) is 9.74. The number of carbonyl (C=O) groups is 3. The quantitative estimate of drug-likeness (QED) is 0.817. The molecule has 3 fully saturated rings. The molecule has 1 aromatic rings. The van der Waals surface area contributed by atoms with Crippen LogP contribution in [0.2, 0.25) is 0 Å². The van der Waals surface area contributed by atoms with Crippen LogP contribution in [0.1, 0.15) is 23.2 Å². The highest BCUT2D eigenvalue weighted by atomic mass is 16.5. The molecule has 0 aromatic heterocycles. The van der Waals surface area contributed by atoms with E-state index >= 15 is 0 Å². The lowest BCUT2D eigenvalue weighted by molar-refractivity contribution is -0.138. The number of hydrogen-bond acceptors (Lipinski definition) is 5. The predicted octanol–water partition coefficient (Wildman–Crippen LogP) is 0.671. The molecular weight excluding hydrogens is 362 g/mol. The number of anilines is 1. The molecule has 8 heteroatoms. The lowest BCUT2D eigenvalue weighted by Crippen LogP contribution is -2.47. The second-order valence-electron chi connectivity index (χ2n) is 7.80. The summed E-state index contributed by atoms with van der Waals surface area (Å²) in [6.45, 7) is 3.23. The van der Waals surface area contributed by atoms with Crippen LogP contribution < -0.4 is 4.90 Å². The molecule has 3 aliphatic heterocycles. The SMILES string of the molecule is O=C(O)CN1C[C@@H]2COC[C@H](C1)N(C(=O)c1cccc(N3CCCC3=O)c1)C2. The van der Waals surface area contributed by atoms with Crippen LogP contribution in [-0.4, -0.2) is 84.7 Å². The highest BCUT2D eigenvalue weighted by Gasteiger charge is 2.36. The van der Waals surface area contributed by atoms with Gasteiger partial charge in [0.1, 0.15) is 0 Å². The van der Waals surface area contributed by atoms with Crippen LogP contribution >= 0.6 is 0 Å². The van der Waals surface area contributed by atoms with Crippen molar-refractivity contribution in [2.24, 2.45) is 5.92 Å². The molecule has 2 amide bonds. The first kappa shape index (κ1) is 18.9. The van der Waals surface area contributed by atoms with Gasteiger partial charge in [0.2, 0.25) is 5.91 Å².